The fourth-order valence-electron chi connectivity index (χ4n) is 1.85. The molecule has 0 saturated heterocycles. The summed E-state index contributed by atoms with van der Waals surface area (Å²) in [6.07, 6.45) is 1.69. The summed E-state index contributed by atoms with van der Waals surface area (Å²) in [5, 5.41) is 20.3. The Morgan fingerprint density at radius 1 is 1.50 bits per heavy atom. The van der Waals surface area contributed by atoms with Crippen LogP contribution in [0.3, 0.4) is 0 Å². The van der Waals surface area contributed by atoms with Gasteiger partial charge in [0.2, 0.25) is 0 Å². The first-order valence-electron chi connectivity index (χ1n) is 6.64. The zero-order valence-corrected chi connectivity index (χ0v) is 11.5. The second kappa shape index (κ2) is 8.28. The number of benzene rings is 1. The molecule has 1 rings (SSSR count). The van der Waals surface area contributed by atoms with E-state index in [1.54, 1.807) is 12.1 Å². The maximum atomic E-state index is 13.6. The first-order chi connectivity index (χ1) is 9.52. The third-order valence-corrected chi connectivity index (χ3v) is 3.16. The average molecular weight is 278 g/mol. The Morgan fingerprint density at radius 2 is 2.25 bits per heavy atom. The number of halogens is 1. The molecule has 0 aliphatic carbocycles. The van der Waals surface area contributed by atoms with Crippen LogP contribution in [0.1, 0.15) is 37.3 Å². The molecule has 0 radical (unpaired) electrons. The third-order valence-electron chi connectivity index (χ3n) is 3.16. The lowest BCUT2D eigenvalue weighted by Crippen LogP contribution is -2.18. The number of nitriles is 1. The molecule has 1 unspecified atom stereocenters. The van der Waals surface area contributed by atoms with Gasteiger partial charge < -0.3 is 10.4 Å². The Hall–Kier alpha value is -1.93. The number of aliphatic carboxylic acids is 1. The summed E-state index contributed by atoms with van der Waals surface area (Å²) in [5.74, 6) is -0.829. The first kappa shape index (κ1) is 16.1. The lowest BCUT2D eigenvalue weighted by molar-refractivity contribution is -0.137. The molecule has 108 valence electrons. The van der Waals surface area contributed by atoms with Gasteiger partial charge in [-0.15, -0.1) is 0 Å². The number of carboxylic acid groups (broad SMARTS) is 1. The molecular weight excluding hydrogens is 259 g/mol. The summed E-state index contributed by atoms with van der Waals surface area (Å²) in [5.41, 5.74) is 0.843. The van der Waals surface area contributed by atoms with E-state index in [1.165, 1.54) is 6.07 Å². The Kier molecular flexibility index (Phi) is 6.68. The van der Waals surface area contributed by atoms with Crippen LogP contribution in [-0.2, 0) is 11.3 Å². The number of hydrogen-bond acceptors (Lipinski definition) is 3. The van der Waals surface area contributed by atoms with Crippen LogP contribution in [0, 0.1) is 23.1 Å². The van der Waals surface area contributed by atoms with Crippen molar-refractivity contribution in [2.75, 3.05) is 6.54 Å². The molecule has 0 spiro atoms. The predicted octanol–water partition coefficient (Wildman–Crippen LogP) is 2.68. The molecule has 0 fully saturated rings. The summed E-state index contributed by atoms with van der Waals surface area (Å²) in [6.45, 7) is 3.12. The van der Waals surface area contributed by atoms with E-state index in [2.05, 4.69) is 5.32 Å². The van der Waals surface area contributed by atoms with Gasteiger partial charge in [0.15, 0.2) is 0 Å². The molecule has 0 heterocycles. The largest absolute Gasteiger partial charge is 0.481 e. The van der Waals surface area contributed by atoms with Gasteiger partial charge in [-0.2, -0.15) is 5.26 Å². The highest BCUT2D eigenvalue weighted by molar-refractivity contribution is 5.66. The number of carbonyl (C=O) groups is 1. The molecule has 2 N–H and O–H groups in total. The fraction of sp³-hybridized carbons (Fsp3) is 0.467. The maximum absolute atomic E-state index is 13.6. The smallest absolute Gasteiger partial charge is 0.303 e. The SMILES string of the molecule is CC(CCNCc1ccc(C#N)cc1F)CCC(=O)O. The van der Waals surface area contributed by atoms with Crippen molar-refractivity contribution in [1.29, 1.82) is 5.26 Å². The number of nitrogens with one attached hydrogen (secondary N) is 1. The molecule has 0 aromatic heterocycles. The van der Waals surface area contributed by atoms with E-state index in [4.69, 9.17) is 10.4 Å². The van der Waals surface area contributed by atoms with Gasteiger partial charge in [-0.1, -0.05) is 13.0 Å². The van der Waals surface area contributed by atoms with Gasteiger partial charge in [0.25, 0.3) is 0 Å². The number of nitrogens with zero attached hydrogens (tertiary/aromatic N) is 1. The monoisotopic (exact) mass is 278 g/mol. The molecular formula is C15H19FN2O2. The molecule has 1 atom stereocenters. The minimum atomic E-state index is -0.774. The number of rotatable bonds is 8. The van der Waals surface area contributed by atoms with Gasteiger partial charge in [-0.25, -0.2) is 4.39 Å². The molecule has 0 aliphatic rings. The van der Waals surface area contributed by atoms with Crippen LogP contribution in [0.4, 0.5) is 4.39 Å². The normalized spacial score (nSPS) is 11.8. The second-order valence-corrected chi connectivity index (χ2v) is 4.92. The minimum Gasteiger partial charge on any atom is -0.481 e. The predicted molar refractivity (Wildman–Crippen MR) is 73.5 cm³/mol. The summed E-state index contributed by atoms with van der Waals surface area (Å²) in [7, 11) is 0. The van der Waals surface area contributed by atoms with Crippen molar-refractivity contribution in [2.24, 2.45) is 5.92 Å². The number of hydrogen-bond donors (Lipinski definition) is 2. The molecule has 0 saturated carbocycles. The molecule has 0 amide bonds. The Morgan fingerprint density at radius 3 is 2.85 bits per heavy atom. The molecule has 5 heteroatoms. The third kappa shape index (κ3) is 5.81. The Balaban J connectivity index is 2.28. The van der Waals surface area contributed by atoms with E-state index in [0.29, 0.717) is 36.6 Å². The Bertz CT molecular complexity index is 497. The lowest BCUT2D eigenvalue weighted by Gasteiger charge is -2.11. The molecule has 1 aromatic rings. The molecule has 0 bridgehead atoms. The van der Waals surface area contributed by atoms with Crippen molar-refractivity contribution in [3.63, 3.8) is 0 Å². The van der Waals surface area contributed by atoms with Crippen LogP contribution in [0.15, 0.2) is 18.2 Å². The van der Waals surface area contributed by atoms with E-state index in [9.17, 15) is 9.18 Å². The lowest BCUT2D eigenvalue weighted by atomic mass is 10.0. The van der Waals surface area contributed by atoms with Crippen molar-refractivity contribution in [3.05, 3.63) is 35.1 Å². The summed E-state index contributed by atoms with van der Waals surface area (Å²) in [4.78, 5) is 10.4. The summed E-state index contributed by atoms with van der Waals surface area (Å²) in [6, 6.07) is 6.32. The summed E-state index contributed by atoms with van der Waals surface area (Å²) >= 11 is 0. The van der Waals surface area contributed by atoms with E-state index in [1.807, 2.05) is 13.0 Å². The van der Waals surface area contributed by atoms with Gasteiger partial charge in [-0.3, -0.25) is 4.79 Å². The van der Waals surface area contributed by atoms with E-state index < -0.39 is 5.97 Å². The highest BCUT2D eigenvalue weighted by Gasteiger charge is 2.06. The van der Waals surface area contributed by atoms with Crippen LogP contribution in [-0.4, -0.2) is 17.6 Å². The molecule has 0 aliphatic heterocycles. The van der Waals surface area contributed by atoms with Gasteiger partial charge in [-0.05, 0) is 37.4 Å². The van der Waals surface area contributed by atoms with Crippen LogP contribution in [0.5, 0.6) is 0 Å². The van der Waals surface area contributed by atoms with Crippen molar-refractivity contribution < 1.29 is 14.3 Å². The molecule has 20 heavy (non-hydrogen) atoms. The van der Waals surface area contributed by atoms with Gasteiger partial charge in [0.1, 0.15) is 5.82 Å². The topological polar surface area (TPSA) is 73.1 Å². The Labute approximate surface area is 118 Å². The zero-order valence-electron chi connectivity index (χ0n) is 11.5. The van der Waals surface area contributed by atoms with Gasteiger partial charge in [0, 0.05) is 18.5 Å². The molecule has 4 nitrogen and oxygen atoms in total. The quantitative estimate of drug-likeness (QED) is 0.717. The van der Waals surface area contributed by atoms with Gasteiger partial charge in [0.05, 0.1) is 11.6 Å². The van der Waals surface area contributed by atoms with E-state index >= 15 is 0 Å². The minimum absolute atomic E-state index is 0.186. The van der Waals surface area contributed by atoms with Crippen LogP contribution >= 0.6 is 0 Å². The fourth-order valence-corrected chi connectivity index (χ4v) is 1.85. The highest BCUT2D eigenvalue weighted by atomic mass is 19.1. The van der Waals surface area contributed by atoms with Crippen molar-refractivity contribution in [2.45, 2.75) is 32.7 Å². The zero-order chi connectivity index (χ0) is 15.0. The first-order valence-corrected chi connectivity index (χ1v) is 6.64. The molecule has 1 aromatic carbocycles. The number of carboxylic acids is 1. The van der Waals surface area contributed by atoms with Crippen molar-refractivity contribution in [3.8, 4) is 6.07 Å². The summed E-state index contributed by atoms with van der Waals surface area (Å²) < 4.78 is 13.6. The van der Waals surface area contributed by atoms with Crippen LogP contribution in [0.25, 0.3) is 0 Å². The van der Waals surface area contributed by atoms with Crippen LogP contribution in [0.2, 0.25) is 0 Å². The van der Waals surface area contributed by atoms with Crippen molar-refractivity contribution >= 4 is 5.97 Å². The van der Waals surface area contributed by atoms with Crippen LogP contribution < -0.4 is 5.32 Å². The van der Waals surface area contributed by atoms with E-state index in [0.717, 1.165) is 6.42 Å². The van der Waals surface area contributed by atoms with Gasteiger partial charge >= 0.3 is 5.97 Å². The van der Waals surface area contributed by atoms with Crippen molar-refractivity contribution in [1.82, 2.24) is 5.32 Å². The second-order valence-electron chi connectivity index (χ2n) is 4.92. The maximum Gasteiger partial charge on any atom is 0.303 e. The standard InChI is InChI=1S/C15H19FN2O2/c1-11(2-5-15(19)20)6-7-18-10-13-4-3-12(9-17)8-14(13)16/h3-4,8,11,18H,2,5-7,10H2,1H3,(H,19,20). The van der Waals surface area contributed by atoms with E-state index in [-0.39, 0.29) is 12.2 Å². The average Bonchev–Trinajstić information content (AvgIpc) is 2.42. The highest BCUT2D eigenvalue weighted by Crippen LogP contribution is 2.11.